The molecule has 236 valence electrons. The molecule has 0 saturated heterocycles. The van der Waals surface area contributed by atoms with E-state index in [1.54, 1.807) is 6.07 Å². The zero-order chi connectivity index (χ0) is 32.6. The molecule has 1 aliphatic rings. The molecule has 0 aliphatic carbocycles. The molecule has 0 amide bonds. The van der Waals surface area contributed by atoms with Gasteiger partial charge in [-0.3, -0.25) is 0 Å². The van der Waals surface area contributed by atoms with E-state index in [2.05, 4.69) is 52.8 Å². The van der Waals surface area contributed by atoms with Crippen molar-refractivity contribution < 1.29 is 34.1 Å². The van der Waals surface area contributed by atoms with Crippen molar-refractivity contribution in [1.82, 2.24) is 0 Å². The smallest absolute Gasteiger partial charge is 0.344 e. The van der Waals surface area contributed by atoms with Crippen molar-refractivity contribution in [1.29, 1.82) is 0 Å². The van der Waals surface area contributed by atoms with Gasteiger partial charge in [0, 0.05) is 0 Å². The number of aryl methyl sites for hydroxylation is 1. The van der Waals surface area contributed by atoms with Crippen LogP contribution in [0.4, 0.5) is 0 Å². The van der Waals surface area contributed by atoms with E-state index in [-0.39, 0.29) is 16.7 Å². The molecular formula is C37H46O7. The molecule has 0 radical (unpaired) electrons. The number of ether oxygens (including phenoxy) is 2. The molecule has 3 rings (SSSR count). The summed E-state index contributed by atoms with van der Waals surface area (Å²) in [5.74, 6) is -2.41. The van der Waals surface area contributed by atoms with Gasteiger partial charge in [-0.05, 0) is 141 Å². The third-order valence-electron chi connectivity index (χ3n) is 8.35. The maximum atomic E-state index is 13.0. The summed E-state index contributed by atoms with van der Waals surface area (Å²) in [5.41, 5.74) is 5.55. The van der Waals surface area contributed by atoms with Crippen LogP contribution in [0.3, 0.4) is 0 Å². The van der Waals surface area contributed by atoms with E-state index >= 15 is 0 Å². The zero-order valence-electron chi connectivity index (χ0n) is 27.1. The molecule has 0 fully saturated rings. The van der Waals surface area contributed by atoms with Crippen molar-refractivity contribution in [3.05, 3.63) is 92.6 Å². The maximum absolute atomic E-state index is 13.0. The second-order valence-electron chi connectivity index (χ2n) is 12.4. The van der Waals surface area contributed by atoms with E-state index in [0.29, 0.717) is 5.75 Å². The molecule has 2 N–H and O–H groups in total. The number of allylic oxidation sites excluding steroid dienone is 6. The third-order valence-corrected chi connectivity index (χ3v) is 8.35. The van der Waals surface area contributed by atoms with Crippen molar-refractivity contribution in [3.8, 4) is 11.5 Å². The lowest BCUT2D eigenvalue weighted by Crippen LogP contribution is -2.36. The highest BCUT2D eigenvalue weighted by Gasteiger charge is 2.33. The summed E-state index contributed by atoms with van der Waals surface area (Å²) in [4.78, 5) is 36.0. The van der Waals surface area contributed by atoms with Gasteiger partial charge in [-0.15, -0.1) is 0 Å². The Balaban J connectivity index is 1.64. The van der Waals surface area contributed by atoms with Gasteiger partial charge in [-0.2, -0.15) is 0 Å². The summed E-state index contributed by atoms with van der Waals surface area (Å²) in [6.45, 7) is 14.6. The highest BCUT2D eigenvalue weighted by atomic mass is 16.5. The van der Waals surface area contributed by atoms with Crippen LogP contribution in [0.2, 0.25) is 0 Å². The maximum Gasteiger partial charge on any atom is 0.344 e. The second-order valence-corrected chi connectivity index (χ2v) is 12.4. The normalized spacial score (nSPS) is 16.5. The number of carbonyl (C=O) groups is 3. The molecule has 1 heterocycles. The average molecular weight is 603 g/mol. The van der Waals surface area contributed by atoms with Crippen LogP contribution >= 0.6 is 0 Å². The van der Waals surface area contributed by atoms with E-state index in [4.69, 9.17) is 9.47 Å². The van der Waals surface area contributed by atoms with Gasteiger partial charge < -0.3 is 19.7 Å². The average Bonchev–Trinajstić information content (AvgIpc) is 2.95. The molecule has 2 aromatic carbocycles. The molecule has 1 unspecified atom stereocenters. The zero-order valence-corrected chi connectivity index (χ0v) is 27.1. The first-order valence-electron chi connectivity index (χ1n) is 15.3. The van der Waals surface area contributed by atoms with Gasteiger partial charge in [0.1, 0.15) is 17.1 Å². The van der Waals surface area contributed by atoms with E-state index in [1.165, 1.54) is 28.9 Å². The Morgan fingerprint density at radius 1 is 0.864 bits per heavy atom. The Morgan fingerprint density at radius 2 is 1.50 bits per heavy atom. The monoisotopic (exact) mass is 602 g/mol. The van der Waals surface area contributed by atoms with Crippen LogP contribution in [0.25, 0.3) is 0 Å². The first-order chi connectivity index (χ1) is 20.7. The minimum absolute atomic E-state index is 0.213. The highest BCUT2D eigenvalue weighted by Crippen LogP contribution is 2.42. The number of fused-ring (bicyclic) bond motifs is 1. The number of benzene rings is 2. The van der Waals surface area contributed by atoms with Crippen molar-refractivity contribution in [2.75, 3.05) is 0 Å². The summed E-state index contributed by atoms with van der Waals surface area (Å²) in [5, 5.41) is 18.8. The van der Waals surface area contributed by atoms with Crippen molar-refractivity contribution in [2.45, 2.75) is 105 Å². The van der Waals surface area contributed by atoms with Gasteiger partial charge in [0.15, 0.2) is 0 Å². The predicted octanol–water partition coefficient (Wildman–Crippen LogP) is 9.20. The highest BCUT2D eigenvalue weighted by molar-refractivity contribution is 6.05. The van der Waals surface area contributed by atoms with E-state index in [0.717, 1.165) is 79.9 Å². The van der Waals surface area contributed by atoms with E-state index in [1.807, 2.05) is 13.8 Å². The Labute approximate surface area is 261 Å². The lowest BCUT2D eigenvalue weighted by Gasteiger charge is -2.37. The van der Waals surface area contributed by atoms with Gasteiger partial charge in [-0.25, -0.2) is 14.4 Å². The molecule has 1 atom stereocenters. The number of carbonyl (C=O) groups excluding carboxylic acids is 1. The molecule has 7 heteroatoms. The van der Waals surface area contributed by atoms with Crippen LogP contribution < -0.4 is 9.47 Å². The number of esters is 1. The van der Waals surface area contributed by atoms with Crippen LogP contribution in [-0.4, -0.2) is 33.7 Å². The second kappa shape index (κ2) is 15.0. The first-order valence-corrected chi connectivity index (χ1v) is 15.3. The number of carboxylic acid groups (broad SMARTS) is 2. The molecule has 44 heavy (non-hydrogen) atoms. The fourth-order valence-electron chi connectivity index (χ4n) is 5.38. The minimum atomic E-state index is -1.41. The lowest BCUT2D eigenvalue weighted by atomic mass is 9.86. The van der Waals surface area contributed by atoms with Crippen LogP contribution in [0.1, 0.15) is 127 Å². The Hall–Kier alpha value is -4.13. The molecule has 0 spiro atoms. The predicted molar refractivity (Wildman–Crippen MR) is 173 cm³/mol. The Morgan fingerprint density at radius 3 is 2.11 bits per heavy atom. The third kappa shape index (κ3) is 9.18. The van der Waals surface area contributed by atoms with Gasteiger partial charge in [0.2, 0.25) is 0 Å². The van der Waals surface area contributed by atoms with Crippen LogP contribution in [0.5, 0.6) is 11.5 Å². The molecule has 1 aliphatic heterocycles. The summed E-state index contributed by atoms with van der Waals surface area (Å²) >= 11 is 0. The number of hydrogen-bond acceptors (Lipinski definition) is 5. The lowest BCUT2D eigenvalue weighted by molar-refractivity contribution is 0.0556. The number of hydrogen-bond donors (Lipinski definition) is 2. The van der Waals surface area contributed by atoms with Crippen LogP contribution in [0, 0.1) is 13.8 Å². The Bertz CT molecular complexity index is 1500. The largest absolute Gasteiger partial charge is 0.487 e. The van der Waals surface area contributed by atoms with Gasteiger partial charge in [0.25, 0.3) is 0 Å². The van der Waals surface area contributed by atoms with E-state index in [9.17, 15) is 24.6 Å². The fraction of sp³-hybridized carbons (Fsp3) is 0.432. The van der Waals surface area contributed by atoms with Gasteiger partial charge in [0.05, 0.1) is 16.7 Å². The molecule has 7 nitrogen and oxygen atoms in total. The SMILES string of the molecule is CC(C)=CCCC(C)=CCCC(C)=CCCC1(C)CCc2cc(OC(=O)c3ccc(C(=O)O)cc3C(=O)O)c(C)c(C)c2O1. The molecule has 0 aromatic heterocycles. The summed E-state index contributed by atoms with van der Waals surface area (Å²) < 4.78 is 12.3. The van der Waals surface area contributed by atoms with E-state index < -0.39 is 23.5 Å². The number of rotatable bonds is 13. The van der Waals surface area contributed by atoms with Crippen LogP contribution in [0.15, 0.2) is 59.2 Å². The van der Waals surface area contributed by atoms with Crippen LogP contribution in [-0.2, 0) is 6.42 Å². The molecule has 0 saturated carbocycles. The number of carboxylic acids is 2. The number of aromatic carboxylic acids is 2. The topological polar surface area (TPSA) is 110 Å². The molecular weight excluding hydrogens is 556 g/mol. The van der Waals surface area contributed by atoms with Crippen molar-refractivity contribution in [3.63, 3.8) is 0 Å². The summed E-state index contributed by atoms with van der Waals surface area (Å²) in [7, 11) is 0. The molecule has 0 bridgehead atoms. The summed E-state index contributed by atoms with van der Waals surface area (Å²) in [6.07, 6.45) is 14.7. The standard InChI is InChI=1S/C37H46O7/c1-23(2)11-8-12-24(3)13-9-14-25(4)15-10-19-37(7)20-18-28-22-32(26(5)27(6)33(28)44-37)43-36(42)30-17-16-29(34(38)39)21-31(30)35(40)41/h11,13,15-17,21-22H,8-10,12,14,18-20H2,1-7H3,(H,38,39)(H,40,41). The minimum Gasteiger partial charge on any atom is -0.487 e. The Kier molecular flexibility index (Phi) is 11.7. The molecule has 2 aromatic rings. The van der Waals surface area contributed by atoms with Crippen molar-refractivity contribution >= 4 is 17.9 Å². The van der Waals surface area contributed by atoms with Crippen molar-refractivity contribution in [2.24, 2.45) is 0 Å². The van der Waals surface area contributed by atoms with Gasteiger partial charge >= 0.3 is 17.9 Å². The van der Waals surface area contributed by atoms with Gasteiger partial charge in [-0.1, -0.05) is 34.9 Å². The quantitative estimate of drug-likeness (QED) is 0.134. The fourth-order valence-corrected chi connectivity index (χ4v) is 5.38. The summed E-state index contributed by atoms with van der Waals surface area (Å²) in [6, 6.07) is 5.11. The first kappa shape index (κ1) is 34.4.